The summed E-state index contributed by atoms with van der Waals surface area (Å²) < 4.78 is 25.5. The minimum Gasteiger partial charge on any atom is -0.397 e. The molecule has 3 N–H and O–H groups in total. The van der Waals surface area contributed by atoms with Crippen LogP contribution in [0.5, 0.6) is 0 Å². The van der Waals surface area contributed by atoms with Crippen LogP contribution in [0.15, 0.2) is 23.1 Å². The topological polar surface area (TPSA) is 99.2 Å². The standard InChI is InChI=1S/C12H18N4O2S/c1-9(6-7-13)16(3)12-5-4-10(8-11(12)14)19(17,18)15-2/h4-5,8-9,15H,6,14H2,1-3H3. The van der Waals surface area contributed by atoms with E-state index < -0.39 is 10.0 Å². The quantitative estimate of drug-likeness (QED) is 0.782. The summed E-state index contributed by atoms with van der Waals surface area (Å²) in [6.07, 6.45) is 0.368. The molecule has 0 aliphatic heterocycles. The van der Waals surface area contributed by atoms with Crippen LogP contribution in [0.3, 0.4) is 0 Å². The van der Waals surface area contributed by atoms with Crippen molar-refractivity contribution >= 4 is 21.4 Å². The summed E-state index contributed by atoms with van der Waals surface area (Å²) in [5.41, 5.74) is 6.96. The molecule has 0 fully saturated rings. The van der Waals surface area contributed by atoms with E-state index in [0.29, 0.717) is 17.8 Å². The Morgan fingerprint density at radius 2 is 2.16 bits per heavy atom. The molecule has 0 aliphatic carbocycles. The van der Waals surface area contributed by atoms with Crippen LogP contribution in [0.2, 0.25) is 0 Å². The highest BCUT2D eigenvalue weighted by Gasteiger charge is 2.16. The molecule has 1 aromatic rings. The van der Waals surface area contributed by atoms with Crippen molar-refractivity contribution in [1.29, 1.82) is 5.26 Å². The van der Waals surface area contributed by atoms with Crippen molar-refractivity contribution in [2.24, 2.45) is 0 Å². The molecule has 0 spiro atoms. The Bertz CT molecular complexity index is 592. The summed E-state index contributed by atoms with van der Waals surface area (Å²) in [6.45, 7) is 1.90. The van der Waals surface area contributed by atoms with Gasteiger partial charge in [-0.25, -0.2) is 13.1 Å². The molecule has 0 saturated carbocycles. The van der Waals surface area contributed by atoms with Gasteiger partial charge >= 0.3 is 0 Å². The minimum absolute atomic E-state index is 0.000873. The average Bonchev–Trinajstić information content (AvgIpc) is 2.38. The molecule has 1 rings (SSSR count). The molecule has 1 unspecified atom stereocenters. The summed E-state index contributed by atoms with van der Waals surface area (Å²) in [6, 6.07) is 6.65. The number of hydrogen-bond donors (Lipinski definition) is 2. The Morgan fingerprint density at radius 3 is 2.63 bits per heavy atom. The van der Waals surface area contributed by atoms with Gasteiger partial charge in [0.1, 0.15) is 0 Å². The number of benzene rings is 1. The summed E-state index contributed by atoms with van der Waals surface area (Å²) >= 11 is 0. The SMILES string of the molecule is CNS(=O)(=O)c1ccc(N(C)C(C)CC#N)c(N)c1. The molecule has 0 aromatic heterocycles. The number of nitriles is 1. The van der Waals surface area contributed by atoms with E-state index >= 15 is 0 Å². The lowest BCUT2D eigenvalue weighted by atomic mass is 10.2. The third-order valence-corrected chi connectivity index (χ3v) is 4.42. The van der Waals surface area contributed by atoms with Gasteiger partial charge in [-0.3, -0.25) is 0 Å². The van der Waals surface area contributed by atoms with E-state index in [4.69, 9.17) is 11.0 Å². The van der Waals surface area contributed by atoms with Crippen LogP contribution < -0.4 is 15.4 Å². The summed E-state index contributed by atoms with van der Waals surface area (Å²) in [4.78, 5) is 1.98. The first-order valence-corrected chi connectivity index (χ1v) is 7.24. The van der Waals surface area contributed by atoms with Crippen molar-refractivity contribution in [3.63, 3.8) is 0 Å². The fraction of sp³-hybridized carbons (Fsp3) is 0.417. The molecule has 6 nitrogen and oxygen atoms in total. The second-order valence-electron chi connectivity index (χ2n) is 4.25. The molecular formula is C12H18N4O2S. The van der Waals surface area contributed by atoms with Gasteiger partial charge in [-0.05, 0) is 32.2 Å². The second kappa shape index (κ2) is 5.91. The first-order chi connectivity index (χ1) is 8.83. The molecule has 0 saturated heterocycles. The highest BCUT2D eigenvalue weighted by molar-refractivity contribution is 7.89. The van der Waals surface area contributed by atoms with Gasteiger partial charge in [0, 0.05) is 13.1 Å². The maximum atomic E-state index is 11.6. The van der Waals surface area contributed by atoms with E-state index in [9.17, 15) is 8.42 Å². The van der Waals surface area contributed by atoms with Crippen molar-refractivity contribution in [2.75, 3.05) is 24.7 Å². The van der Waals surface area contributed by atoms with Gasteiger partial charge < -0.3 is 10.6 Å². The molecule has 1 aromatic carbocycles. The number of nitrogens with two attached hydrogens (primary N) is 1. The lowest BCUT2D eigenvalue weighted by Gasteiger charge is -2.26. The summed E-state index contributed by atoms with van der Waals surface area (Å²) in [5, 5.41) is 8.69. The van der Waals surface area contributed by atoms with Gasteiger partial charge in [0.2, 0.25) is 10.0 Å². The van der Waals surface area contributed by atoms with Gasteiger partial charge in [-0.1, -0.05) is 0 Å². The van der Waals surface area contributed by atoms with E-state index in [1.807, 2.05) is 18.9 Å². The van der Waals surface area contributed by atoms with Gasteiger partial charge in [0.15, 0.2) is 0 Å². The Balaban J connectivity index is 3.12. The predicted molar refractivity (Wildman–Crippen MR) is 75.2 cm³/mol. The second-order valence-corrected chi connectivity index (χ2v) is 6.14. The largest absolute Gasteiger partial charge is 0.397 e. The summed E-state index contributed by atoms with van der Waals surface area (Å²) in [7, 11) is -0.327. The van der Waals surface area contributed by atoms with E-state index in [2.05, 4.69) is 10.8 Å². The first kappa shape index (κ1) is 15.3. The number of sulfonamides is 1. The van der Waals surface area contributed by atoms with Crippen molar-refractivity contribution in [3.05, 3.63) is 18.2 Å². The molecule has 104 valence electrons. The van der Waals surface area contributed by atoms with Crippen LogP contribution in [0.4, 0.5) is 11.4 Å². The molecule has 1 atom stereocenters. The van der Waals surface area contributed by atoms with Gasteiger partial charge in [-0.15, -0.1) is 0 Å². The zero-order valence-corrected chi connectivity index (χ0v) is 12.0. The van der Waals surface area contributed by atoms with Crippen molar-refractivity contribution < 1.29 is 8.42 Å². The third kappa shape index (κ3) is 3.36. The van der Waals surface area contributed by atoms with Crippen molar-refractivity contribution in [3.8, 4) is 6.07 Å². The molecule has 0 radical (unpaired) electrons. The third-order valence-electron chi connectivity index (χ3n) is 3.01. The monoisotopic (exact) mass is 282 g/mol. The van der Waals surface area contributed by atoms with Gasteiger partial charge in [-0.2, -0.15) is 5.26 Å². The van der Waals surface area contributed by atoms with Crippen LogP contribution >= 0.6 is 0 Å². The Labute approximate surface area is 113 Å². The van der Waals surface area contributed by atoms with E-state index in [0.717, 1.165) is 0 Å². The summed E-state index contributed by atoms with van der Waals surface area (Å²) in [5.74, 6) is 0. The number of nitrogens with zero attached hydrogens (tertiary/aromatic N) is 2. The lowest BCUT2D eigenvalue weighted by molar-refractivity contribution is 0.588. The first-order valence-electron chi connectivity index (χ1n) is 5.76. The number of rotatable bonds is 5. The molecule has 19 heavy (non-hydrogen) atoms. The molecule has 0 bridgehead atoms. The van der Waals surface area contributed by atoms with Crippen LogP contribution in [0.1, 0.15) is 13.3 Å². The van der Waals surface area contributed by atoms with E-state index in [-0.39, 0.29) is 10.9 Å². The molecule has 0 aliphatic rings. The Kier molecular flexibility index (Phi) is 4.75. The van der Waals surface area contributed by atoms with Crippen LogP contribution in [-0.2, 0) is 10.0 Å². The molecule has 7 heteroatoms. The highest BCUT2D eigenvalue weighted by atomic mass is 32.2. The van der Waals surface area contributed by atoms with Crippen molar-refractivity contribution in [1.82, 2.24) is 4.72 Å². The normalized spacial score (nSPS) is 12.7. The van der Waals surface area contributed by atoms with Gasteiger partial charge in [0.05, 0.1) is 28.8 Å². The Morgan fingerprint density at radius 1 is 1.53 bits per heavy atom. The van der Waals surface area contributed by atoms with E-state index in [1.54, 1.807) is 6.07 Å². The predicted octanol–water partition coefficient (Wildman–Crippen LogP) is 0.915. The zero-order chi connectivity index (χ0) is 14.6. The van der Waals surface area contributed by atoms with Gasteiger partial charge in [0.25, 0.3) is 0 Å². The molecule has 0 amide bonds. The van der Waals surface area contributed by atoms with Crippen LogP contribution in [0.25, 0.3) is 0 Å². The maximum Gasteiger partial charge on any atom is 0.240 e. The average molecular weight is 282 g/mol. The highest BCUT2D eigenvalue weighted by Crippen LogP contribution is 2.27. The number of nitrogen functional groups attached to an aromatic ring is 1. The number of hydrogen-bond acceptors (Lipinski definition) is 5. The number of anilines is 2. The fourth-order valence-corrected chi connectivity index (χ4v) is 2.41. The van der Waals surface area contributed by atoms with E-state index in [1.165, 1.54) is 19.2 Å². The lowest BCUT2D eigenvalue weighted by Crippen LogP contribution is -2.29. The molecule has 0 heterocycles. The fourth-order valence-electron chi connectivity index (χ4n) is 1.65. The minimum atomic E-state index is -3.49. The molecular weight excluding hydrogens is 264 g/mol. The zero-order valence-electron chi connectivity index (χ0n) is 11.2. The number of nitrogens with one attached hydrogen (secondary N) is 1. The smallest absolute Gasteiger partial charge is 0.240 e. The maximum absolute atomic E-state index is 11.6. The van der Waals surface area contributed by atoms with Crippen LogP contribution in [0, 0.1) is 11.3 Å². The Hall–Kier alpha value is -1.78. The van der Waals surface area contributed by atoms with Crippen LogP contribution in [-0.4, -0.2) is 28.6 Å². The van der Waals surface area contributed by atoms with Crippen molar-refractivity contribution in [2.45, 2.75) is 24.3 Å².